The van der Waals surface area contributed by atoms with E-state index in [4.69, 9.17) is 9.47 Å². The molecule has 0 saturated carbocycles. The Morgan fingerprint density at radius 3 is 2.62 bits per heavy atom. The lowest BCUT2D eigenvalue weighted by Crippen LogP contribution is -2.55. The number of benzene rings is 1. The summed E-state index contributed by atoms with van der Waals surface area (Å²) in [6, 6.07) is 6.88. The highest BCUT2D eigenvalue weighted by Gasteiger charge is 2.36. The van der Waals surface area contributed by atoms with Gasteiger partial charge in [-0.15, -0.1) is 0 Å². The number of carbonyl (C=O) groups excluding carboxylic acids is 2. The highest BCUT2D eigenvalue weighted by atomic mass is 16.5. The Kier molecular flexibility index (Phi) is 5.44. The predicted octanol–water partition coefficient (Wildman–Crippen LogP) is -0.913. The molecule has 12 heteroatoms. The van der Waals surface area contributed by atoms with Crippen molar-refractivity contribution in [3.63, 3.8) is 0 Å². The third-order valence-corrected chi connectivity index (χ3v) is 6.17. The van der Waals surface area contributed by atoms with Gasteiger partial charge in [0.1, 0.15) is 12.3 Å². The number of nitrogens with zero attached hydrogens (tertiary/aromatic N) is 6. The van der Waals surface area contributed by atoms with Crippen molar-refractivity contribution in [3.05, 3.63) is 51.4 Å². The molecule has 0 N–H and O–H groups in total. The zero-order chi connectivity index (χ0) is 24.0. The number of imidazole rings is 1. The van der Waals surface area contributed by atoms with Crippen molar-refractivity contribution in [2.24, 2.45) is 14.1 Å². The Morgan fingerprint density at radius 2 is 1.85 bits per heavy atom. The van der Waals surface area contributed by atoms with Gasteiger partial charge in [0.2, 0.25) is 5.91 Å². The topological polar surface area (TPSA) is 121 Å². The monoisotopic (exact) mass is 468 g/mol. The fourth-order valence-corrected chi connectivity index (χ4v) is 4.34. The minimum Gasteiger partial charge on any atom is -0.476 e. The van der Waals surface area contributed by atoms with E-state index in [-0.39, 0.29) is 23.6 Å². The summed E-state index contributed by atoms with van der Waals surface area (Å²) in [6.07, 6.45) is 0.536. The molecule has 1 aromatic carbocycles. The first-order valence-corrected chi connectivity index (χ1v) is 10.9. The molecule has 4 heterocycles. The summed E-state index contributed by atoms with van der Waals surface area (Å²) in [5, 5.41) is 0. The maximum Gasteiger partial charge on any atom is 0.332 e. The summed E-state index contributed by atoms with van der Waals surface area (Å²) < 4.78 is 14.9. The van der Waals surface area contributed by atoms with Crippen LogP contribution in [0.4, 0.5) is 5.69 Å². The van der Waals surface area contributed by atoms with Crippen LogP contribution < -0.4 is 20.9 Å². The van der Waals surface area contributed by atoms with Crippen LogP contribution in [0.2, 0.25) is 0 Å². The van der Waals surface area contributed by atoms with Crippen molar-refractivity contribution in [2.45, 2.75) is 12.6 Å². The molecule has 0 unspecified atom stereocenters. The summed E-state index contributed by atoms with van der Waals surface area (Å²) in [5.74, 6) is -0.354. The summed E-state index contributed by atoms with van der Waals surface area (Å²) in [5.41, 5.74) is -0.308. The third-order valence-electron chi connectivity index (χ3n) is 6.17. The van der Waals surface area contributed by atoms with Crippen LogP contribution in [-0.4, -0.2) is 74.4 Å². The fraction of sp³-hybridized carbons (Fsp3) is 0.409. The third kappa shape index (κ3) is 3.55. The smallest absolute Gasteiger partial charge is 0.332 e. The number of amides is 2. The Bertz CT molecular complexity index is 1400. The number of rotatable bonds is 3. The van der Waals surface area contributed by atoms with Crippen molar-refractivity contribution >= 4 is 28.7 Å². The highest BCUT2D eigenvalue weighted by molar-refractivity contribution is 5.97. The van der Waals surface area contributed by atoms with Crippen molar-refractivity contribution in [1.82, 2.24) is 23.6 Å². The van der Waals surface area contributed by atoms with Crippen LogP contribution in [0.15, 0.2) is 40.2 Å². The van der Waals surface area contributed by atoms with Gasteiger partial charge >= 0.3 is 5.69 Å². The first kappa shape index (κ1) is 21.9. The maximum atomic E-state index is 13.4. The number of morpholine rings is 1. The van der Waals surface area contributed by atoms with Crippen LogP contribution in [0.3, 0.4) is 0 Å². The average Bonchev–Trinajstić information content (AvgIpc) is 3.26. The quantitative estimate of drug-likeness (QED) is 0.488. The number of ether oxygens (including phenoxy) is 2. The number of aromatic nitrogens is 4. The van der Waals surface area contributed by atoms with Crippen LogP contribution in [0.5, 0.6) is 5.75 Å². The molecule has 2 aromatic heterocycles. The van der Waals surface area contributed by atoms with E-state index in [1.165, 1.54) is 27.4 Å². The van der Waals surface area contributed by atoms with E-state index >= 15 is 0 Å². The van der Waals surface area contributed by atoms with Gasteiger partial charge in [-0.3, -0.25) is 19.0 Å². The van der Waals surface area contributed by atoms with Gasteiger partial charge in [-0.1, -0.05) is 12.1 Å². The lowest BCUT2D eigenvalue weighted by atomic mass is 10.1. The normalized spacial score (nSPS) is 18.0. The Hall–Kier alpha value is -3.93. The maximum absolute atomic E-state index is 13.4. The summed E-state index contributed by atoms with van der Waals surface area (Å²) in [7, 11) is 3.15. The van der Waals surface area contributed by atoms with Crippen LogP contribution >= 0.6 is 0 Å². The van der Waals surface area contributed by atoms with Crippen LogP contribution in [-0.2, 0) is 35.0 Å². The van der Waals surface area contributed by atoms with Gasteiger partial charge in [-0.25, -0.2) is 14.3 Å². The second kappa shape index (κ2) is 8.45. The molecule has 3 aromatic rings. The minimum atomic E-state index is -0.906. The van der Waals surface area contributed by atoms with E-state index < -0.39 is 29.8 Å². The van der Waals surface area contributed by atoms with Gasteiger partial charge in [0.15, 0.2) is 17.3 Å². The van der Waals surface area contributed by atoms with E-state index in [1.807, 2.05) is 0 Å². The molecule has 0 aliphatic carbocycles. The standard InChI is InChI=1S/C22H24N6O6/c1-24-13-23-19-18(24)21(31)28(22(32)25(19)2)12-17(29)27-11-16(20(30)26-7-9-33-10-8-26)34-15-6-4-3-5-14(15)27/h3-6,13,16H,7-12H2,1-2H3/t16-/m1/s1. The lowest BCUT2D eigenvalue weighted by Gasteiger charge is -2.37. The zero-order valence-corrected chi connectivity index (χ0v) is 18.8. The second-order valence-electron chi connectivity index (χ2n) is 8.28. The number of fused-ring (bicyclic) bond motifs is 2. The van der Waals surface area contributed by atoms with Crippen LogP contribution in [0, 0.1) is 0 Å². The second-order valence-corrected chi connectivity index (χ2v) is 8.28. The molecule has 1 saturated heterocycles. The number of aryl methyl sites for hydroxylation is 2. The SMILES string of the molecule is Cn1cnc2c1c(=O)n(CC(=O)N1C[C@H](C(=O)N3CCOCC3)Oc3ccccc31)c(=O)n2C. The Labute approximate surface area is 193 Å². The van der Waals surface area contributed by atoms with E-state index in [2.05, 4.69) is 4.98 Å². The molecular formula is C22H24N6O6. The van der Waals surface area contributed by atoms with E-state index in [0.29, 0.717) is 37.7 Å². The van der Waals surface area contributed by atoms with Crippen molar-refractivity contribution in [1.29, 1.82) is 0 Å². The molecule has 34 heavy (non-hydrogen) atoms. The van der Waals surface area contributed by atoms with Crippen molar-refractivity contribution in [2.75, 3.05) is 37.7 Å². The number of hydrogen-bond acceptors (Lipinski definition) is 7. The summed E-state index contributed by atoms with van der Waals surface area (Å²) in [4.78, 5) is 59.6. The van der Waals surface area contributed by atoms with Crippen LogP contribution in [0.25, 0.3) is 11.2 Å². The number of carbonyl (C=O) groups is 2. The Balaban J connectivity index is 1.48. The first-order valence-electron chi connectivity index (χ1n) is 10.9. The van der Waals surface area contributed by atoms with Crippen molar-refractivity contribution in [3.8, 4) is 5.75 Å². The average molecular weight is 468 g/mol. The van der Waals surface area contributed by atoms with Gasteiger partial charge < -0.3 is 23.8 Å². The van der Waals surface area contributed by atoms with E-state index in [1.54, 1.807) is 36.2 Å². The van der Waals surface area contributed by atoms with E-state index in [0.717, 1.165) is 4.57 Å². The Morgan fingerprint density at radius 1 is 1.12 bits per heavy atom. The van der Waals surface area contributed by atoms with Gasteiger partial charge in [-0.05, 0) is 12.1 Å². The molecule has 2 aliphatic heterocycles. The van der Waals surface area contributed by atoms with Gasteiger partial charge in [-0.2, -0.15) is 0 Å². The molecule has 12 nitrogen and oxygen atoms in total. The number of anilines is 1. The molecule has 1 atom stereocenters. The van der Waals surface area contributed by atoms with E-state index in [9.17, 15) is 19.2 Å². The molecule has 0 spiro atoms. The number of para-hydroxylation sites is 2. The first-order chi connectivity index (χ1) is 16.4. The molecule has 2 amide bonds. The van der Waals surface area contributed by atoms with Gasteiger partial charge in [0.05, 0.1) is 31.8 Å². The summed E-state index contributed by atoms with van der Waals surface area (Å²) in [6.45, 7) is 1.27. The molecule has 2 aliphatic rings. The fourth-order valence-electron chi connectivity index (χ4n) is 4.34. The number of hydrogen-bond donors (Lipinski definition) is 0. The largest absolute Gasteiger partial charge is 0.476 e. The van der Waals surface area contributed by atoms with Crippen LogP contribution in [0.1, 0.15) is 0 Å². The molecule has 178 valence electrons. The molecule has 0 bridgehead atoms. The minimum absolute atomic E-state index is 0.0327. The highest BCUT2D eigenvalue weighted by Crippen LogP contribution is 2.33. The van der Waals surface area contributed by atoms with Gasteiger partial charge in [0, 0.05) is 27.2 Å². The molecule has 5 rings (SSSR count). The molecule has 0 radical (unpaired) electrons. The zero-order valence-electron chi connectivity index (χ0n) is 18.8. The predicted molar refractivity (Wildman–Crippen MR) is 121 cm³/mol. The lowest BCUT2D eigenvalue weighted by molar-refractivity contribution is -0.142. The van der Waals surface area contributed by atoms with Crippen molar-refractivity contribution < 1.29 is 19.1 Å². The molecular weight excluding hydrogens is 444 g/mol. The molecule has 1 fully saturated rings. The van der Waals surface area contributed by atoms with Gasteiger partial charge in [0.25, 0.3) is 11.5 Å². The summed E-state index contributed by atoms with van der Waals surface area (Å²) >= 11 is 0.